The zero-order valence-corrected chi connectivity index (χ0v) is 15.7. The minimum absolute atomic E-state index is 0.0128. The van der Waals surface area contributed by atoms with Crippen LogP contribution in [0.15, 0.2) is 83.9 Å². The van der Waals surface area contributed by atoms with E-state index >= 15 is 0 Å². The van der Waals surface area contributed by atoms with Crippen molar-refractivity contribution in [2.75, 3.05) is 0 Å². The van der Waals surface area contributed by atoms with E-state index in [1.807, 2.05) is 72.8 Å². The number of benzene rings is 3. The lowest BCUT2D eigenvalue weighted by Gasteiger charge is -2.29. The van der Waals surface area contributed by atoms with Gasteiger partial charge in [-0.25, -0.2) is 0 Å². The van der Waals surface area contributed by atoms with E-state index in [0.29, 0.717) is 0 Å². The highest BCUT2D eigenvalue weighted by molar-refractivity contribution is 6.13. The third-order valence-electron chi connectivity index (χ3n) is 5.35. The fraction of sp³-hybridized carbons (Fsp3) is 0.200. The summed E-state index contributed by atoms with van der Waals surface area (Å²) in [6.45, 7) is 0. The molecule has 0 fully saturated rings. The van der Waals surface area contributed by atoms with Gasteiger partial charge in [0.2, 0.25) is 5.91 Å². The molecule has 0 aromatic heterocycles. The Kier molecular flexibility index (Phi) is 5.34. The van der Waals surface area contributed by atoms with Gasteiger partial charge in [-0.15, -0.1) is 0 Å². The van der Waals surface area contributed by atoms with Crippen molar-refractivity contribution in [3.63, 3.8) is 0 Å². The lowest BCUT2D eigenvalue weighted by atomic mass is 9.78. The number of carbonyl (C=O) groups is 1. The molecule has 2 N–H and O–H groups in total. The van der Waals surface area contributed by atoms with Crippen LogP contribution in [0.2, 0.25) is 0 Å². The maximum Gasteiger partial charge on any atom is 0.242 e. The highest BCUT2D eigenvalue weighted by Crippen LogP contribution is 2.35. The van der Waals surface area contributed by atoms with Crippen LogP contribution in [0.1, 0.15) is 41.0 Å². The third-order valence-corrected chi connectivity index (χ3v) is 5.35. The molecule has 0 spiro atoms. The molecule has 28 heavy (non-hydrogen) atoms. The van der Waals surface area contributed by atoms with Gasteiger partial charge in [0.1, 0.15) is 6.04 Å². The van der Waals surface area contributed by atoms with Crippen molar-refractivity contribution in [1.29, 1.82) is 0 Å². The molecule has 1 amide bonds. The molecule has 0 heterocycles. The zero-order chi connectivity index (χ0) is 19.3. The van der Waals surface area contributed by atoms with Gasteiger partial charge in [0.05, 0.1) is 5.71 Å². The van der Waals surface area contributed by atoms with Gasteiger partial charge in [0, 0.05) is 17.0 Å². The Balaban J connectivity index is 1.82. The average molecular weight is 367 g/mol. The Morgan fingerprint density at radius 2 is 1.61 bits per heavy atom. The lowest BCUT2D eigenvalue weighted by molar-refractivity contribution is -0.119. The van der Waals surface area contributed by atoms with Crippen molar-refractivity contribution < 1.29 is 4.79 Å². The van der Waals surface area contributed by atoms with E-state index in [-0.39, 0.29) is 11.8 Å². The van der Waals surface area contributed by atoms with Crippen molar-refractivity contribution in [3.8, 4) is 0 Å². The predicted octanol–water partition coefficient (Wildman–Crippen LogP) is 4.30. The second-order valence-electron chi connectivity index (χ2n) is 7.16. The van der Waals surface area contributed by atoms with Crippen LogP contribution in [-0.2, 0) is 11.2 Å². The van der Waals surface area contributed by atoms with Crippen LogP contribution in [0.4, 0.5) is 0 Å². The second kappa shape index (κ2) is 8.22. The van der Waals surface area contributed by atoms with E-state index in [4.69, 9.17) is 10.7 Å². The molecule has 1 aliphatic carbocycles. The largest absolute Gasteiger partial charge is 0.368 e. The van der Waals surface area contributed by atoms with Crippen molar-refractivity contribution in [3.05, 3.63) is 107 Å². The molecular formula is C25H23N2O. The summed E-state index contributed by atoms with van der Waals surface area (Å²) in [7, 11) is 0. The van der Waals surface area contributed by atoms with E-state index in [9.17, 15) is 4.79 Å². The molecule has 2 atom stereocenters. The van der Waals surface area contributed by atoms with Gasteiger partial charge in [-0.05, 0) is 36.5 Å². The van der Waals surface area contributed by atoms with E-state index in [1.54, 1.807) is 0 Å². The highest BCUT2D eigenvalue weighted by atomic mass is 16.1. The lowest BCUT2D eigenvalue weighted by Crippen LogP contribution is -2.35. The number of hydrogen-bond donors (Lipinski definition) is 1. The summed E-state index contributed by atoms with van der Waals surface area (Å²) >= 11 is 0. The van der Waals surface area contributed by atoms with Gasteiger partial charge in [0.25, 0.3) is 0 Å². The number of rotatable bonds is 5. The summed E-state index contributed by atoms with van der Waals surface area (Å²) < 4.78 is 0. The smallest absolute Gasteiger partial charge is 0.242 e. The number of primary amides is 1. The minimum atomic E-state index is -0.606. The molecule has 0 bridgehead atoms. The molecule has 1 radical (unpaired) electrons. The van der Waals surface area contributed by atoms with Crippen molar-refractivity contribution in [2.24, 2.45) is 10.7 Å². The molecule has 3 nitrogen and oxygen atoms in total. The van der Waals surface area contributed by atoms with Crippen molar-refractivity contribution in [2.45, 2.75) is 31.2 Å². The SMILES string of the molecule is NC(=O)C(N=C(c1ccccc1)c1ccccc1)C1CCCc2[c]cccc21. The molecule has 3 aromatic rings. The number of nitrogens with zero attached hydrogens (tertiary/aromatic N) is 1. The first-order valence-electron chi connectivity index (χ1n) is 9.71. The number of amides is 1. The van der Waals surface area contributed by atoms with Gasteiger partial charge in [0.15, 0.2) is 0 Å². The summed E-state index contributed by atoms with van der Waals surface area (Å²) in [5, 5.41) is 0. The van der Waals surface area contributed by atoms with Gasteiger partial charge in [-0.3, -0.25) is 9.79 Å². The van der Waals surface area contributed by atoms with E-state index < -0.39 is 6.04 Å². The second-order valence-corrected chi connectivity index (χ2v) is 7.16. The fourth-order valence-electron chi connectivity index (χ4n) is 4.03. The van der Waals surface area contributed by atoms with Crippen LogP contribution in [0.3, 0.4) is 0 Å². The van der Waals surface area contributed by atoms with Gasteiger partial charge in [-0.1, -0.05) is 78.9 Å². The first kappa shape index (κ1) is 18.2. The Hall–Kier alpha value is -3.20. The topological polar surface area (TPSA) is 55.5 Å². The van der Waals surface area contributed by atoms with Crippen LogP contribution in [0.5, 0.6) is 0 Å². The number of aryl methyl sites for hydroxylation is 1. The predicted molar refractivity (Wildman–Crippen MR) is 112 cm³/mol. The molecule has 4 rings (SSSR count). The summed E-state index contributed by atoms with van der Waals surface area (Å²) in [6.07, 6.45) is 2.91. The average Bonchev–Trinajstić information content (AvgIpc) is 2.75. The van der Waals surface area contributed by atoms with Gasteiger partial charge in [-0.2, -0.15) is 0 Å². The number of fused-ring (bicyclic) bond motifs is 1. The number of hydrogen-bond acceptors (Lipinski definition) is 2. The molecule has 0 aliphatic heterocycles. The van der Waals surface area contributed by atoms with E-state index in [1.165, 1.54) is 5.56 Å². The van der Waals surface area contributed by atoms with E-state index in [2.05, 4.69) is 12.1 Å². The standard InChI is InChI=1S/C25H23N2O/c26-25(28)24(22-17-9-15-18-10-7-8-16-21(18)22)27-23(19-11-3-1-4-12-19)20-13-5-2-6-14-20/h1-8,11-14,16,22,24H,9,15,17H2,(H2,26,28). The molecular weight excluding hydrogens is 344 g/mol. The van der Waals surface area contributed by atoms with Crippen LogP contribution in [-0.4, -0.2) is 17.7 Å². The quantitative estimate of drug-likeness (QED) is 0.672. The molecule has 0 saturated heterocycles. The van der Waals surface area contributed by atoms with Gasteiger partial charge >= 0.3 is 0 Å². The third kappa shape index (κ3) is 3.74. The number of aliphatic imine (C=N–C) groups is 1. The first-order valence-corrected chi connectivity index (χ1v) is 9.71. The van der Waals surface area contributed by atoms with Crippen molar-refractivity contribution in [1.82, 2.24) is 0 Å². The van der Waals surface area contributed by atoms with Crippen molar-refractivity contribution >= 4 is 11.6 Å². The maximum atomic E-state index is 12.5. The summed E-state index contributed by atoms with van der Waals surface area (Å²) in [5.74, 6) is -0.396. The summed E-state index contributed by atoms with van der Waals surface area (Å²) in [6, 6.07) is 28.7. The normalized spacial score (nSPS) is 16.6. The molecule has 3 heteroatoms. The highest BCUT2D eigenvalue weighted by Gasteiger charge is 2.32. The summed E-state index contributed by atoms with van der Waals surface area (Å²) in [4.78, 5) is 17.5. The minimum Gasteiger partial charge on any atom is -0.368 e. The zero-order valence-electron chi connectivity index (χ0n) is 15.7. The molecule has 0 saturated carbocycles. The van der Waals surface area contributed by atoms with Crippen LogP contribution in [0.25, 0.3) is 0 Å². The Labute approximate surface area is 165 Å². The van der Waals surface area contributed by atoms with E-state index in [0.717, 1.165) is 41.7 Å². The van der Waals surface area contributed by atoms with Gasteiger partial charge < -0.3 is 5.73 Å². The molecule has 2 unspecified atom stereocenters. The van der Waals surface area contributed by atoms with Crippen LogP contribution in [0, 0.1) is 6.07 Å². The fourth-order valence-corrected chi connectivity index (χ4v) is 4.03. The Bertz CT molecular complexity index is 938. The molecule has 1 aliphatic rings. The number of nitrogens with two attached hydrogens (primary N) is 1. The Morgan fingerprint density at radius 3 is 2.21 bits per heavy atom. The monoisotopic (exact) mass is 367 g/mol. The first-order chi connectivity index (χ1) is 13.7. The Morgan fingerprint density at radius 1 is 0.964 bits per heavy atom. The van der Waals surface area contributed by atoms with Crippen LogP contribution >= 0.6 is 0 Å². The maximum absolute atomic E-state index is 12.5. The number of carbonyl (C=O) groups excluding carboxylic acids is 1. The van der Waals surface area contributed by atoms with Crippen LogP contribution < -0.4 is 5.73 Å². The molecule has 139 valence electrons. The molecule has 3 aromatic carbocycles. The summed E-state index contributed by atoms with van der Waals surface area (Å²) in [5.41, 5.74) is 11.0.